The van der Waals surface area contributed by atoms with E-state index in [0.29, 0.717) is 24.7 Å². The minimum atomic E-state index is -0.00370. The van der Waals surface area contributed by atoms with Gasteiger partial charge in [0, 0.05) is 37.0 Å². The maximum Gasteiger partial charge on any atom is 0.254 e. The number of aromatic amines is 1. The number of rotatable bonds is 7. The zero-order valence-corrected chi connectivity index (χ0v) is 19.1. The van der Waals surface area contributed by atoms with E-state index in [9.17, 15) is 4.79 Å². The van der Waals surface area contributed by atoms with E-state index in [2.05, 4.69) is 31.8 Å². The fourth-order valence-corrected chi connectivity index (χ4v) is 4.59. The van der Waals surface area contributed by atoms with Crippen molar-refractivity contribution in [2.24, 2.45) is 0 Å². The Hall–Kier alpha value is -4.05. The van der Waals surface area contributed by atoms with Crippen LogP contribution in [0.25, 0.3) is 11.1 Å². The minimum Gasteiger partial charge on any atom is -0.485 e. The van der Waals surface area contributed by atoms with Crippen molar-refractivity contribution in [1.82, 2.24) is 35.3 Å². The molecule has 1 amide bonds. The number of hydrogen-bond acceptors (Lipinski definition) is 7. The van der Waals surface area contributed by atoms with Crippen LogP contribution in [0.3, 0.4) is 0 Å². The summed E-state index contributed by atoms with van der Waals surface area (Å²) in [6.45, 7) is 2.08. The van der Waals surface area contributed by atoms with Gasteiger partial charge >= 0.3 is 0 Å². The standard InChI is InChI=1S/C25H25N7O3/c33-25-22-11-18(20-12-26-32(15-20)24-6-1-2-9-34-24)7-8-19(22)14-31(25)13-17-4-3-5-21(10-17)35-16-23-27-29-30-28-23/h3-5,7-8,10-12,15,24H,1-2,6,9,13-14,16H2,(H,27,28,29,30). The van der Waals surface area contributed by atoms with Gasteiger partial charge in [0.2, 0.25) is 5.82 Å². The summed E-state index contributed by atoms with van der Waals surface area (Å²) in [5.41, 5.74) is 4.74. The van der Waals surface area contributed by atoms with Crippen LogP contribution in [0, 0.1) is 0 Å². The summed E-state index contributed by atoms with van der Waals surface area (Å²) in [5, 5.41) is 18.2. The van der Waals surface area contributed by atoms with E-state index in [1.54, 1.807) is 0 Å². The van der Waals surface area contributed by atoms with Gasteiger partial charge in [0.1, 0.15) is 12.0 Å². The first kappa shape index (κ1) is 21.5. The molecule has 1 N–H and O–H groups in total. The number of ether oxygens (including phenoxy) is 2. The Morgan fingerprint density at radius 3 is 2.97 bits per heavy atom. The van der Waals surface area contributed by atoms with Gasteiger partial charge in [-0.3, -0.25) is 4.79 Å². The van der Waals surface area contributed by atoms with Crippen molar-refractivity contribution in [1.29, 1.82) is 0 Å². The molecule has 178 valence electrons. The maximum atomic E-state index is 13.2. The normalized spacial score (nSPS) is 17.5. The van der Waals surface area contributed by atoms with Gasteiger partial charge in [-0.2, -0.15) is 10.3 Å². The summed E-state index contributed by atoms with van der Waals surface area (Å²) in [6, 6.07) is 13.8. The Balaban J connectivity index is 1.14. The van der Waals surface area contributed by atoms with Crippen LogP contribution in [-0.4, -0.2) is 47.8 Å². The average molecular weight is 472 g/mol. The highest BCUT2D eigenvalue weighted by Crippen LogP contribution is 2.31. The van der Waals surface area contributed by atoms with Gasteiger partial charge in [0.15, 0.2) is 6.61 Å². The van der Waals surface area contributed by atoms with E-state index in [-0.39, 0.29) is 18.7 Å². The highest BCUT2D eigenvalue weighted by atomic mass is 16.5. The second-order valence-corrected chi connectivity index (χ2v) is 8.83. The monoisotopic (exact) mass is 471 g/mol. The van der Waals surface area contributed by atoms with E-state index < -0.39 is 0 Å². The van der Waals surface area contributed by atoms with Crippen molar-refractivity contribution in [3.63, 3.8) is 0 Å². The van der Waals surface area contributed by atoms with Gasteiger partial charge in [-0.15, -0.1) is 10.2 Å². The number of fused-ring (bicyclic) bond motifs is 1. The number of benzene rings is 2. The lowest BCUT2D eigenvalue weighted by Gasteiger charge is -2.22. The molecule has 0 saturated carbocycles. The highest BCUT2D eigenvalue weighted by molar-refractivity contribution is 5.99. The van der Waals surface area contributed by atoms with E-state index in [1.807, 2.05) is 58.4 Å². The number of hydrogen-bond donors (Lipinski definition) is 1. The molecular weight excluding hydrogens is 446 g/mol. The van der Waals surface area contributed by atoms with Crippen LogP contribution in [-0.2, 0) is 24.4 Å². The third-order valence-corrected chi connectivity index (χ3v) is 6.40. The number of nitrogens with zero attached hydrogens (tertiary/aromatic N) is 6. The SMILES string of the molecule is O=C1c2cc(-c3cnn(C4CCCCO4)c3)ccc2CN1Cc1cccc(OCc2nn[nH]n2)c1. The Labute approximate surface area is 201 Å². The van der Waals surface area contributed by atoms with Gasteiger partial charge in [-0.1, -0.05) is 29.5 Å². The van der Waals surface area contributed by atoms with Gasteiger partial charge in [-0.05, 0) is 54.2 Å². The summed E-state index contributed by atoms with van der Waals surface area (Å²) >= 11 is 0. The van der Waals surface area contributed by atoms with E-state index in [4.69, 9.17) is 9.47 Å². The highest BCUT2D eigenvalue weighted by Gasteiger charge is 2.28. The van der Waals surface area contributed by atoms with Crippen LogP contribution in [0.15, 0.2) is 54.9 Å². The quantitative estimate of drug-likeness (QED) is 0.439. The summed E-state index contributed by atoms with van der Waals surface area (Å²) in [7, 11) is 0. The van der Waals surface area contributed by atoms with E-state index in [1.165, 1.54) is 0 Å². The van der Waals surface area contributed by atoms with E-state index in [0.717, 1.165) is 53.7 Å². The Morgan fingerprint density at radius 1 is 1.14 bits per heavy atom. The van der Waals surface area contributed by atoms with Crippen molar-refractivity contribution >= 4 is 5.91 Å². The van der Waals surface area contributed by atoms with Crippen LogP contribution in [0.4, 0.5) is 0 Å². The van der Waals surface area contributed by atoms with Crippen molar-refractivity contribution in [3.05, 3.63) is 77.4 Å². The van der Waals surface area contributed by atoms with Crippen molar-refractivity contribution in [2.75, 3.05) is 6.61 Å². The second-order valence-electron chi connectivity index (χ2n) is 8.83. The number of amides is 1. The molecule has 0 bridgehead atoms. The number of nitrogens with one attached hydrogen (secondary N) is 1. The Morgan fingerprint density at radius 2 is 2.11 bits per heavy atom. The molecule has 2 aliphatic heterocycles. The predicted octanol–water partition coefficient (Wildman–Crippen LogP) is 3.50. The zero-order valence-electron chi connectivity index (χ0n) is 19.1. The number of carbonyl (C=O) groups is 1. The lowest BCUT2D eigenvalue weighted by molar-refractivity contribution is -0.0394. The molecule has 35 heavy (non-hydrogen) atoms. The molecule has 10 heteroatoms. The molecule has 2 aromatic carbocycles. The van der Waals surface area contributed by atoms with Gasteiger partial charge in [0.25, 0.3) is 5.91 Å². The number of carbonyl (C=O) groups excluding carboxylic acids is 1. The van der Waals surface area contributed by atoms with E-state index >= 15 is 0 Å². The molecular formula is C25H25N7O3. The first-order valence-electron chi connectivity index (χ1n) is 11.8. The van der Waals surface area contributed by atoms with Crippen LogP contribution in [0.5, 0.6) is 5.75 Å². The minimum absolute atomic E-state index is 0.00370. The molecule has 4 aromatic rings. The molecule has 4 heterocycles. The third-order valence-electron chi connectivity index (χ3n) is 6.40. The average Bonchev–Trinajstić information content (AvgIpc) is 3.65. The Bertz CT molecular complexity index is 1330. The fourth-order valence-electron chi connectivity index (χ4n) is 4.59. The summed E-state index contributed by atoms with van der Waals surface area (Å²) in [5.74, 6) is 1.20. The predicted molar refractivity (Wildman–Crippen MR) is 125 cm³/mol. The molecule has 1 saturated heterocycles. The lowest BCUT2D eigenvalue weighted by Crippen LogP contribution is -2.23. The molecule has 10 nitrogen and oxygen atoms in total. The summed E-state index contributed by atoms with van der Waals surface area (Å²) in [6.07, 6.45) is 7.08. The fraction of sp³-hybridized carbons (Fsp3) is 0.320. The van der Waals surface area contributed by atoms with Gasteiger partial charge in [-0.25, -0.2) is 4.68 Å². The molecule has 2 aliphatic rings. The molecule has 1 unspecified atom stereocenters. The smallest absolute Gasteiger partial charge is 0.254 e. The summed E-state index contributed by atoms with van der Waals surface area (Å²) in [4.78, 5) is 15.1. The van der Waals surface area contributed by atoms with Crippen LogP contribution in [0.1, 0.15) is 52.8 Å². The lowest BCUT2D eigenvalue weighted by atomic mass is 10.0. The molecule has 0 aliphatic carbocycles. The first-order valence-corrected chi connectivity index (χ1v) is 11.8. The van der Waals surface area contributed by atoms with Gasteiger partial charge in [0.05, 0.1) is 6.20 Å². The topological polar surface area (TPSA) is 111 Å². The second kappa shape index (κ2) is 9.30. The van der Waals surface area contributed by atoms with Crippen LogP contribution >= 0.6 is 0 Å². The molecule has 1 fully saturated rings. The van der Waals surface area contributed by atoms with Crippen molar-refractivity contribution in [2.45, 2.75) is 45.2 Å². The number of aromatic nitrogens is 6. The molecule has 0 radical (unpaired) electrons. The summed E-state index contributed by atoms with van der Waals surface area (Å²) < 4.78 is 13.5. The number of tetrazole rings is 1. The maximum absolute atomic E-state index is 13.2. The van der Waals surface area contributed by atoms with Crippen LogP contribution in [0.2, 0.25) is 0 Å². The van der Waals surface area contributed by atoms with Crippen LogP contribution < -0.4 is 4.74 Å². The largest absolute Gasteiger partial charge is 0.485 e. The first-order chi connectivity index (χ1) is 17.2. The molecule has 2 aromatic heterocycles. The van der Waals surface area contributed by atoms with Crippen molar-refractivity contribution < 1.29 is 14.3 Å². The number of H-pyrrole nitrogens is 1. The molecule has 0 spiro atoms. The zero-order chi connectivity index (χ0) is 23.6. The van der Waals surface area contributed by atoms with Crippen molar-refractivity contribution in [3.8, 4) is 16.9 Å². The Kier molecular flexibility index (Phi) is 5.71. The molecule has 1 atom stereocenters. The third kappa shape index (κ3) is 4.52. The van der Waals surface area contributed by atoms with Gasteiger partial charge < -0.3 is 14.4 Å². The molecule has 6 rings (SSSR count).